The first-order chi connectivity index (χ1) is 18.7. The number of isocyanates is 1. The second-order valence-corrected chi connectivity index (χ2v) is 9.21. The lowest BCUT2D eigenvalue weighted by atomic mass is 10.00. The van der Waals surface area contributed by atoms with Crippen molar-refractivity contribution in [2.75, 3.05) is 0 Å². The molecule has 2 heteroatoms. The molecule has 4 aromatic rings. The van der Waals surface area contributed by atoms with Gasteiger partial charge < -0.3 is 0 Å². The highest BCUT2D eigenvalue weighted by Gasteiger charge is 2.01. The fourth-order valence-corrected chi connectivity index (χ4v) is 4.23. The second-order valence-electron chi connectivity index (χ2n) is 9.21. The SMILES string of the molecule is CCCCCc1ccc(-c2ccc(C#Cc3ccc(C#Cc4ccc(N=C=O)cc4)c(CC)c3)cc2)cc1. The molecule has 0 aliphatic carbocycles. The normalized spacial score (nSPS) is 9.95. The van der Waals surface area contributed by atoms with E-state index in [1.165, 1.54) is 41.5 Å². The Morgan fingerprint density at radius 3 is 1.84 bits per heavy atom. The summed E-state index contributed by atoms with van der Waals surface area (Å²) in [5.74, 6) is 13.1. The van der Waals surface area contributed by atoms with Crippen molar-refractivity contribution >= 4 is 11.8 Å². The molecule has 0 amide bonds. The topological polar surface area (TPSA) is 29.4 Å². The zero-order valence-corrected chi connectivity index (χ0v) is 22.1. The van der Waals surface area contributed by atoms with E-state index in [1.54, 1.807) is 18.2 Å². The molecule has 0 saturated heterocycles. The Hall–Kier alpha value is -4.62. The Morgan fingerprint density at radius 2 is 1.21 bits per heavy atom. The maximum absolute atomic E-state index is 10.4. The number of hydrogen-bond acceptors (Lipinski definition) is 2. The third kappa shape index (κ3) is 7.44. The van der Waals surface area contributed by atoms with Gasteiger partial charge in [0.1, 0.15) is 0 Å². The van der Waals surface area contributed by atoms with Crippen molar-refractivity contribution in [3.8, 4) is 34.8 Å². The smallest absolute Gasteiger partial charge is 0.211 e. The predicted octanol–water partition coefficient (Wildman–Crippen LogP) is 8.42. The van der Waals surface area contributed by atoms with Crippen LogP contribution in [0.1, 0.15) is 66.5 Å². The molecule has 0 bridgehead atoms. The van der Waals surface area contributed by atoms with Crippen LogP contribution in [0.3, 0.4) is 0 Å². The van der Waals surface area contributed by atoms with Gasteiger partial charge in [-0.3, -0.25) is 0 Å². The van der Waals surface area contributed by atoms with Crippen LogP contribution in [0.15, 0.2) is 96.0 Å². The average Bonchev–Trinajstić information content (AvgIpc) is 2.97. The molecule has 4 aromatic carbocycles. The van der Waals surface area contributed by atoms with Gasteiger partial charge in [-0.1, -0.05) is 86.8 Å². The molecule has 0 spiro atoms. The van der Waals surface area contributed by atoms with E-state index in [-0.39, 0.29) is 0 Å². The number of carbonyl (C=O) groups excluding carboxylic acids is 1. The number of benzene rings is 4. The van der Waals surface area contributed by atoms with E-state index in [4.69, 9.17) is 0 Å². The van der Waals surface area contributed by atoms with E-state index >= 15 is 0 Å². The van der Waals surface area contributed by atoms with Crippen LogP contribution < -0.4 is 0 Å². The molecule has 38 heavy (non-hydrogen) atoms. The van der Waals surface area contributed by atoms with Crippen LogP contribution >= 0.6 is 0 Å². The third-order valence-corrected chi connectivity index (χ3v) is 6.46. The number of aliphatic imine (C=N–C) groups is 1. The van der Waals surface area contributed by atoms with Crippen molar-refractivity contribution < 1.29 is 4.79 Å². The molecule has 0 aromatic heterocycles. The monoisotopic (exact) mass is 493 g/mol. The van der Waals surface area contributed by atoms with Crippen LogP contribution in [-0.2, 0) is 17.6 Å². The van der Waals surface area contributed by atoms with Gasteiger partial charge in [0, 0.05) is 22.3 Å². The van der Waals surface area contributed by atoms with Crippen molar-refractivity contribution in [1.29, 1.82) is 0 Å². The summed E-state index contributed by atoms with van der Waals surface area (Å²) in [6, 6.07) is 30.8. The molecule has 0 N–H and O–H groups in total. The summed E-state index contributed by atoms with van der Waals surface area (Å²) in [4.78, 5) is 14.0. The number of nitrogens with zero attached hydrogens (tertiary/aromatic N) is 1. The fourth-order valence-electron chi connectivity index (χ4n) is 4.23. The highest BCUT2D eigenvalue weighted by molar-refractivity contribution is 5.65. The Labute approximate surface area is 226 Å². The lowest BCUT2D eigenvalue weighted by molar-refractivity contribution is 0.565. The Morgan fingerprint density at radius 1 is 0.632 bits per heavy atom. The predicted molar refractivity (Wildman–Crippen MR) is 157 cm³/mol. The van der Waals surface area contributed by atoms with Gasteiger partial charge in [0.15, 0.2) is 0 Å². The van der Waals surface area contributed by atoms with Gasteiger partial charge >= 0.3 is 0 Å². The van der Waals surface area contributed by atoms with Gasteiger partial charge in [0.2, 0.25) is 6.08 Å². The highest BCUT2D eigenvalue weighted by Crippen LogP contribution is 2.21. The largest absolute Gasteiger partial charge is 0.240 e. The van der Waals surface area contributed by atoms with Crippen LogP contribution in [0.5, 0.6) is 0 Å². The summed E-state index contributed by atoms with van der Waals surface area (Å²) in [5.41, 5.74) is 9.43. The molecule has 4 rings (SSSR count). The number of hydrogen-bond donors (Lipinski definition) is 0. The molecule has 2 nitrogen and oxygen atoms in total. The van der Waals surface area contributed by atoms with Crippen molar-refractivity contribution in [2.45, 2.75) is 46.0 Å². The van der Waals surface area contributed by atoms with Crippen molar-refractivity contribution in [2.24, 2.45) is 4.99 Å². The minimum absolute atomic E-state index is 0.573. The molecular formula is C36H31NO. The van der Waals surface area contributed by atoms with E-state index in [1.807, 2.05) is 24.3 Å². The fraction of sp³-hybridized carbons (Fsp3) is 0.194. The summed E-state index contributed by atoms with van der Waals surface area (Å²) in [7, 11) is 0. The van der Waals surface area contributed by atoms with E-state index in [2.05, 4.69) is 97.1 Å². The second kappa shape index (κ2) is 13.6. The third-order valence-electron chi connectivity index (χ3n) is 6.46. The van der Waals surface area contributed by atoms with E-state index in [0.717, 1.165) is 35.1 Å². The molecule has 0 unspecified atom stereocenters. The number of rotatable bonds is 7. The average molecular weight is 494 g/mol. The van der Waals surface area contributed by atoms with Gasteiger partial charge in [-0.2, -0.15) is 4.99 Å². The van der Waals surface area contributed by atoms with Gasteiger partial charge in [0.25, 0.3) is 0 Å². The first kappa shape index (κ1) is 26.4. The molecule has 0 fully saturated rings. The lowest BCUT2D eigenvalue weighted by Gasteiger charge is -2.05. The quantitative estimate of drug-likeness (QED) is 0.110. The Kier molecular flexibility index (Phi) is 9.48. The Balaban J connectivity index is 1.43. The standard InChI is InChI=1S/C36H31NO/c1-3-5-6-7-28-10-19-34(20-11-28)35-21-13-29(14-22-35)8-9-31-15-23-33(32(4-2)26-31)18-12-30-16-24-36(25-17-30)37-27-38/h10-11,13-17,19-26H,3-7H2,1-2H3. The number of aryl methyl sites for hydroxylation is 2. The molecule has 0 aliphatic rings. The van der Waals surface area contributed by atoms with Gasteiger partial charge in [-0.05, 0) is 96.1 Å². The van der Waals surface area contributed by atoms with E-state index in [9.17, 15) is 4.79 Å². The van der Waals surface area contributed by atoms with Crippen LogP contribution in [-0.4, -0.2) is 6.08 Å². The van der Waals surface area contributed by atoms with Crippen molar-refractivity contribution in [1.82, 2.24) is 0 Å². The van der Waals surface area contributed by atoms with Crippen LogP contribution in [0, 0.1) is 23.7 Å². The van der Waals surface area contributed by atoms with Crippen LogP contribution in [0.4, 0.5) is 5.69 Å². The van der Waals surface area contributed by atoms with Gasteiger partial charge in [-0.25, -0.2) is 4.79 Å². The molecular weight excluding hydrogens is 462 g/mol. The minimum atomic E-state index is 0.573. The first-order valence-corrected chi connectivity index (χ1v) is 13.2. The van der Waals surface area contributed by atoms with Gasteiger partial charge in [-0.15, -0.1) is 0 Å². The molecule has 0 radical (unpaired) electrons. The maximum Gasteiger partial charge on any atom is 0.240 e. The summed E-state index contributed by atoms with van der Waals surface area (Å²) >= 11 is 0. The van der Waals surface area contributed by atoms with Crippen molar-refractivity contribution in [3.63, 3.8) is 0 Å². The van der Waals surface area contributed by atoms with E-state index < -0.39 is 0 Å². The Bertz CT molecular complexity index is 1530. The lowest BCUT2D eigenvalue weighted by Crippen LogP contribution is -1.89. The zero-order chi connectivity index (χ0) is 26.6. The molecule has 0 atom stereocenters. The van der Waals surface area contributed by atoms with E-state index in [0.29, 0.717) is 5.69 Å². The first-order valence-electron chi connectivity index (χ1n) is 13.2. The molecule has 0 heterocycles. The summed E-state index contributed by atoms with van der Waals surface area (Å²) in [6.07, 6.45) is 7.38. The minimum Gasteiger partial charge on any atom is -0.211 e. The van der Waals surface area contributed by atoms with Crippen molar-refractivity contribution in [3.05, 3.63) is 124 Å². The molecule has 186 valence electrons. The highest BCUT2D eigenvalue weighted by atomic mass is 16.1. The maximum atomic E-state index is 10.4. The molecule has 0 aliphatic heterocycles. The summed E-state index contributed by atoms with van der Waals surface area (Å²) in [6.45, 7) is 4.37. The van der Waals surface area contributed by atoms with Gasteiger partial charge in [0.05, 0.1) is 5.69 Å². The number of unbranched alkanes of at least 4 members (excludes halogenated alkanes) is 2. The molecule has 0 saturated carbocycles. The summed E-state index contributed by atoms with van der Waals surface area (Å²) in [5, 5.41) is 0. The summed E-state index contributed by atoms with van der Waals surface area (Å²) < 4.78 is 0. The zero-order valence-electron chi connectivity index (χ0n) is 22.1. The van der Waals surface area contributed by atoms with Crippen LogP contribution in [0.25, 0.3) is 11.1 Å². The van der Waals surface area contributed by atoms with Crippen LogP contribution in [0.2, 0.25) is 0 Å².